The van der Waals surface area contributed by atoms with Crippen LogP contribution in [0.5, 0.6) is 0 Å². The first kappa shape index (κ1) is 81.2. The van der Waals surface area contributed by atoms with E-state index in [1.165, 1.54) is 120 Å². The van der Waals surface area contributed by atoms with Gasteiger partial charge < -0.3 is 28.7 Å². The van der Waals surface area contributed by atoms with Gasteiger partial charge in [0.1, 0.15) is 0 Å². The molecule has 0 unspecified atom stereocenters. The zero-order chi connectivity index (χ0) is 90.2. The molecular weight excluding hydrogens is 1650 g/mol. The lowest BCUT2D eigenvalue weighted by Gasteiger charge is -2.26. The Bertz CT molecular complexity index is 8130. The molecule has 0 bridgehead atoms. The number of anilines is 12. The van der Waals surface area contributed by atoms with Crippen molar-refractivity contribution >= 4 is 155 Å². The summed E-state index contributed by atoms with van der Waals surface area (Å²) in [6, 6.07) is 198. The lowest BCUT2D eigenvalue weighted by atomic mass is 9.85. The molecule has 6 heteroatoms. The van der Waals surface area contributed by atoms with Crippen molar-refractivity contribution in [3.63, 3.8) is 0 Å². The maximum Gasteiger partial charge on any atom is 0.0542 e. The van der Waals surface area contributed by atoms with Gasteiger partial charge in [-0.25, -0.2) is 0 Å². The van der Waals surface area contributed by atoms with Crippen molar-refractivity contribution < 1.29 is 0 Å². The zero-order valence-corrected chi connectivity index (χ0v) is 74.6. The highest BCUT2D eigenvalue weighted by atomic mass is 15.2. The number of rotatable bonds is 19. The van der Waals surface area contributed by atoms with E-state index in [0.29, 0.717) is 0 Å². The standard InChI is InChI=1S/C68H47N3.C62H43N3/c1-6-21-48(22-7-1)49-37-39-50(40-38-49)67-59-33-16-18-35-61(59)68(62-36-19-17-34-60(62)67)51-23-20-32-56(45-51)71-65-43-41-57(69(52-24-8-2-9-25-52)53-26-10-3-11-27-53)46-63(65)64-47-58(42-44-66(64)71)70(54-28-12-4-13-29-54)55-30-14-5-15-31-55;1-6-21-44(22-7-1)61-53-33-16-18-35-55(53)62(56-36-19-17-34-54(56)61)45-23-20-32-50(41-45)65-59-39-37-51(63(46-24-8-2-9-25-46)47-26-10-3-11-27-47)42-57(59)58-43-52(38-40-60(58)65)64(48-28-12-4-13-29-48)49-30-14-5-15-31-49/h1-47H;1-43H. The van der Waals surface area contributed by atoms with Gasteiger partial charge in [-0.1, -0.05) is 352 Å². The average molecular weight is 1740 g/mol. The summed E-state index contributed by atoms with van der Waals surface area (Å²) in [7, 11) is 0. The number of hydrogen-bond donors (Lipinski definition) is 0. The third kappa shape index (κ3) is 15.0. The van der Waals surface area contributed by atoms with Crippen LogP contribution in [-0.2, 0) is 0 Å². The number of aromatic nitrogens is 2. The normalized spacial score (nSPS) is 11.4. The number of benzene rings is 23. The van der Waals surface area contributed by atoms with Gasteiger partial charge in [0.25, 0.3) is 0 Å². The maximum atomic E-state index is 2.46. The van der Waals surface area contributed by atoms with E-state index in [-0.39, 0.29) is 0 Å². The second kappa shape index (κ2) is 35.6. The second-order valence-electron chi connectivity index (χ2n) is 34.6. The molecule has 0 aliphatic heterocycles. The van der Waals surface area contributed by atoms with Crippen molar-refractivity contribution in [1.82, 2.24) is 9.13 Å². The summed E-state index contributed by atoms with van der Waals surface area (Å²) >= 11 is 0. The minimum Gasteiger partial charge on any atom is -0.310 e. The van der Waals surface area contributed by atoms with E-state index in [4.69, 9.17) is 0 Å². The number of fused-ring (bicyclic) bond motifs is 10. The van der Waals surface area contributed by atoms with E-state index in [0.717, 1.165) is 102 Å². The van der Waals surface area contributed by atoms with E-state index < -0.39 is 0 Å². The molecule has 0 radical (unpaired) electrons. The Hall–Kier alpha value is -18.1. The molecule has 6 nitrogen and oxygen atoms in total. The van der Waals surface area contributed by atoms with E-state index in [1.54, 1.807) is 0 Å². The summed E-state index contributed by atoms with van der Waals surface area (Å²) in [5.74, 6) is 0. The van der Waals surface area contributed by atoms with Crippen LogP contribution < -0.4 is 19.6 Å². The van der Waals surface area contributed by atoms with Crippen molar-refractivity contribution in [3.8, 4) is 67.0 Å². The molecule has 0 N–H and O–H groups in total. The molecule has 0 saturated heterocycles. The van der Waals surface area contributed by atoms with Gasteiger partial charge in [0.05, 0.1) is 22.1 Å². The Morgan fingerprint density at radius 3 is 0.522 bits per heavy atom. The van der Waals surface area contributed by atoms with Gasteiger partial charge in [-0.3, -0.25) is 0 Å². The highest BCUT2D eigenvalue weighted by molar-refractivity contribution is 6.24. The summed E-state index contributed by atoms with van der Waals surface area (Å²) in [5.41, 5.74) is 32.1. The molecule has 0 aliphatic carbocycles. The van der Waals surface area contributed by atoms with Crippen LogP contribution >= 0.6 is 0 Å². The lowest BCUT2D eigenvalue weighted by Crippen LogP contribution is -2.09. The van der Waals surface area contributed by atoms with Gasteiger partial charge in [-0.05, 0) is 293 Å². The molecule has 0 fully saturated rings. The van der Waals surface area contributed by atoms with Gasteiger partial charge in [-0.2, -0.15) is 0 Å². The van der Waals surface area contributed by atoms with Crippen LogP contribution in [0, 0.1) is 0 Å². The molecule has 0 amide bonds. The van der Waals surface area contributed by atoms with Crippen LogP contribution in [0.1, 0.15) is 0 Å². The first-order chi connectivity index (χ1) is 67.5. The van der Waals surface area contributed by atoms with Crippen molar-refractivity contribution in [2.75, 3.05) is 19.6 Å². The topological polar surface area (TPSA) is 22.8 Å². The molecule has 136 heavy (non-hydrogen) atoms. The lowest BCUT2D eigenvalue weighted by molar-refractivity contribution is 1.18. The Morgan fingerprint density at radius 2 is 0.287 bits per heavy atom. The number of nitrogens with zero attached hydrogens (tertiary/aromatic N) is 6. The average Bonchev–Trinajstić information content (AvgIpc) is 0.977. The molecule has 2 heterocycles. The largest absolute Gasteiger partial charge is 0.310 e. The van der Waals surface area contributed by atoms with E-state index >= 15 is 0 Å². The summed E-state index contributed by atoms with van der Waals surface area (Å²) in [4.78, 5) is 9.40. The minimum absolute atomic E-state index is 1.09. The highest BCUT2D eigenvalue weighted by Gasteiger charge is 2.27. The molecule has 2 aromatic heterocycles. The molecule has 0 spiro atoms. The quantitative estimate of drug-likeness (QED) is 0.0753. The fourth-order valence-corrected chi connectivity index (χ4v) is 20.7. The SMILES string of the molecule is c1ccc(-c2c3ccccc3c(-c3cccc(-n4c5ccc(N(c6ccccc6)c6ccccc6)cc5c5cc(N(c6ccccc6)c6ccccc6)ccc54)c3)c3ccccc23)cc1.c1ccc(-c2ccc(-c3c4ccccc4c(-c4cccc(-n5c6ccc(N(c7ccccc7)c7ccccc7)cc6c6cc(N(c7ccccc7)c7ccccc7)ccc65)c4)c4ccccc34)cc2)cc1. The Kier molecular flexibility index (Phi) is 21.3. The van der Waals surface area contributed by atoms with Gasteiger partial charge in [0, 0.05) is 101 Å². The summed E-state index contributed by atoms with van der Waals surface area (Å²) in [5, 5.41) is 14.6. The van der Waals surface area contributed by atoms with E-state index in [9.17, 15) is 0 Å². The predicted molar refractivity (Wildman–Crippen MR) is 577 cm³/mol. The van der Waals surface area contributed by atoms with Crippen LogP contribution in [0.3, 0.4) is 0 Å². The summed E-state index contributed by atoms with van der Waals surface area (Å²) in [6.45, 7) is 0. The first-order valence-electron chi connectivity index (χ1n) is 46.6. The minimum atomic E-state index is 1.09. The van der Waals surface area contributed by atoms with Crippen LogP contribution in [0.25, 0.3) is 154 Å². The predicted octanol–water partition coefficient (Wildman–Crippen LogP) is 36.4. The van der Waals surface area contributed by atoms with Crippen molar-refractivity contribution in [3.05, 3.63) is 546 Å². The van der Waals surface area contributed by atoms with Gasteiger partial charge in [0.2, 0.25) is 0 Å². The molecule has 23 aromatic carbocycles. The molecule has 25 rings (SSSR count). The Morgan fingerprint density at radius 1 is 0.110 bits per heavy atom. The fraction of sp³-hybridized carbons (Fsp3) is 0. The summed E-state index contributed by atoms with van der Waals surface area (Å²) in [6.07, 6.45) is 0. The smallest absolute Gasteiger partial charge is 0.0542 e. The van der Waals surface area contributed by atoms with Gasteiger partial charge in [0.15, 0.2) is 0 Å². The molecular formula is C130H90N6. The van der Waals surface area contributed by atoms with Crippen LogP contribution in [0.2, 0.25) is 0 Å². The second-order valence-corrected chi connectivity index (χ2v) is 34.6. The molecule has 25 aromatic rings. The Labute approximate surface area is 791 Å². The van der Waals surface area contributed by atoms with Crippen molar-refractivity contribution in [2.24, 2.45) is 0 Å². The van der Waals surface area contributed by atoms with Crippen LogP contribution in [-0.4, -0.2) is 9.13 Å². The maximum absolute atomic E-state index is 2.46. The number of hydrogen-bond acceptors (Lipinski definition) is 4. The zero-order valence-electron chi connectivity index (χ0n) is 74.6. The fourth-order valence-electron chi connectivity index (χ4n) is 20.7. The molecule has 0 atom stereocenters. The van der Waals surface area contributed by atoms with Gasteiger partial charge in [-0.15, -0.1) is 0 Å². The van der Waals surface area contributed by atoms with Gasteiger partial charge >= 0.3 is 0 Å². The summed E-state index contributed by atoms with van der Waals surface area (Å²) < 4.78 is 4.91. The molecule has 0 saturated carbocycles. The van der Waals surface area contributed by atoms with Crippen molar-refractivity contribution in [1.29, 1.82) is 0 Å². The molecule has 0 aliphatic rings. The third-order valence-electron chi connectivity index (χ3n) is 26.6. The first-order valence-corrected chi connectivity index (χ1v) is 46.6. The van der Waals surface area contributed by atoms with Crippen molar-refractivity contribution in [2.45, 2.75) is 0 Å². The highest BCUT2D eigenvalue weighted by Crippen LogP contribution is 2.51. The monoisotopic (exact) mass is 1730 g/mol. The van der Waals surface area contributed by atoms with E-state index in [2.05, 4.69) is 575 Å². The number of para-hydroxylation sites is 8. The van der Waals surface area contributed by atoms with E-state index in [1.807, 2.05) is 0 Å². The van der Waals surface area contributed by atoms with Crippen LogP contribution in [0.4, 0.5) is 68.2 Å². The Balaban J connectivity index is 0.000000149. The third-order valence-corrected chi connectivity index (χ3v) is 26.6. The van der Waals surface area contributed by atoms with Crippen LogP contribution in [0.15, 0.2) is 546 Å². The molecule has 640 valence electrons.